The lowest BCUT2D eigenvalue weighted by atomic mass is 9.95. The second-order valence-electron chi connectivity index (χ2n) is 12.5. The molecular weight excluding hydrogens is 615 g/mol. The maximum atomic E-state index is 6.68. The standard InChI is InChI=1S/C46H29NOS/c1-3-14-30(15-4-1)32-18-11-19-33(28-32)47(41-25-12-23-36-35-21-9-10-27-43(35)48-44(36)41)42-26-13-24-38-40-29-39(31-16-5-2-6-17-31)34-20-7-8-22-37(34)45(40)49-46(38)42/h1-29H. The van der Waals surface area contributed by atoms with Crippen molar-refractivity contribution in [2.24, 2.45) is 0 Å². The first-order chi connectivity index (χ1) is 24.3. The molecular formula is C46H29NOS. The summed E-state index contributed by atoms with van der Waals surface area (Å²) in [7, 11) is 0. The van der Waals surface area contributed by atoms with Crippen LogP contribution < -0.4 is 4.90 Å². The molecule has 2 aromatic heterocycles. The van der Waals surface area contributed by atoms with Crippen molar-refractivity contribution in [1.82, 2.24) is 0 Å². The van der Waals surface area contributed by atoms with Gasteiger partial charge in [-0.3, -0.25) is 0 Å². The van der Waals surface area contributed by atoms with Gasteiger partial charge in [0.2, 0.25) is 0 Å². The number of anilines is 3. The highest BCUT2D eigenvalue weighted by molar-refractivity contribution is 7.27. The second kappa shape index (κ2) is 11.2. The van der Waals surface area contributed by atoms with Gasteiger partial charge in [-0.05, 0) is 64.0 Å². The number of fused-ring (bicyclic) bond motifs is 8. The summed E-state index contributed by atoms with van der Waals surface area (Å²) in [5.74, 6) is 0. The maximum absolute atomic E-state index is 6.68. The first-order valence-electron chi connectivity index (χ1n) is 16.6. The van der Waals surface area contributed by atoms with E-state index in [0.29, 0.717) is 0 Å². The maximum Gasteiger partial charge on any atom is 0.159 e. The minimum absolute atomic E-state index is 0.878. The molecule has 0 unspecified atom stereocenters. The highest BCUT2D eigenvalue weighted by Crippen LogP contribution is 2.50. The molecule has 8 aromatic carbocycles. The van der Waals surface area contributed by atoms with Gasteiger partial charge in [-0.1, -0.05) is 140 Å². The van der Waals surface area contributed by atoms with Gasteiger partial charge in [0, 0.05) is 37.3 Å². The normalized spacial score (nSPS) is 11.7. The van der Waals surface area contributed by atoms with Gasteiger partial charge < -0.3 is 9.32 Å². The number of rotatable bonds is 5. The molecule has 0 N–H and O–H groups in total. The zero-order chi connectivity index (χ0) is 32.3. The molecule has 49 heavy (non-hydrogen) atoms. The van der Waals surface area contributed by atoms with Gasteiger partial charge in [-0.25, -0.2) is 0 Å². The van der Waals surface area contributed by atoms with Crippen LogP contribution >= 0.6 is 11.3 Å². The molecule has 0 fully saturated rings. The zero-order valence-corrected chi connectivity index (χ0v) is 27.3. The molecule has 2 heterocycles. The van der Waals surface area contributed by atoms with E-state index in [1.807, 2.05) is 17.4 Å². The molecule has 0 saturated heterocycles. The largest absolute Gasteiger partial charge is 0.454 e. The van der Waals surface area contributed by atoms with Crippen LogP contribution in [0.3, 0.4) is 0 Å². The summed E-state index contributed by atoms with van der Waals surface area (Å²) in [5, 5.41) is 7.31. The number of nitrogens with zero attached hydrogens (tertiary/aromatic N) is 1. The summed E-state index contributed by atoms with van der Waals surface area (Å²) in [4.78, 5) is 2.40. The average Bonchev–Trinajstić information content (AvgIpc) is 3.75. The summed E-state index contributed by atoms with van der Waals surface area (Å²) in [5.41, 5.74) is 9.83. The number of benzene rings is 8. The van der Waals surface area contributed by atoms with Gasteiger partial charge in [-0.15, -0.1) is 11.3 Å². The van der Waals surface area contributed by atoms with Crippen LogP contribution in [0.4, 0.5) is 17.1 Å². The van der Waals surface area contributed by atoms with E-state index in [4.69, 9.17) is 4.42 Å². The Balaban J connectivity index is 1.28. The Bertz CT molecular complexity index is 2830. The highest BCUT2D eigenvalue weighted by Gasteiger charge is 2.23. The van der Waals surface area contributed by atoms with Gasteiger partial charge in [0.1, 0.15) is 5.58 Å². The highest BCUT2D eigenvalue weighted by atomic mass is 32.1. The minimum Gasteiger partial charge on any atom is -0.454 e. The lowest BCUT2D eigenvalue weighted by molar-refractivity contribution is 0.669. The number of thiophene rings is 1. The van der Waals surface area contributed by atoms with Crippen molar-refractivity contribution in [3.63, 3.8) is 0 Å². The monoisotopic (exact) mass is 643 g/mol. The van der Waals surface area contributed by atoms with Crippen molar-refractivity contribution in [2.45, 2.75) is 0 Å². The Hall–Kier alpha value is -6.16. The fourth-order valence-electron chi connectivity index (χ4n) is 7.41. The minimum atomic E-state index is 0.878. The molecule has 0 aliphatic rings. The molecule has 0 aliphatic heterocycles. The third-order valence-corrected chi connectivity index (χ3v) is 10.9. The van der Waals surface area contributed by atoms with Crippen molar-refractivity contribution in [2.75, 3.05) is 4.90 Å². The van der Waals surface area contributed by atoms with Crippen LogP contribution in [0.5, 0.6) is 0 Å². The fraction of sp³-hybridized carbons (Fsp3) is 0. The van der Waals surface area contributed by atoms with Crippen molar-refractivity contribution in [1.29, 1.82) is 0 Å². The Morgan fingerprint density at radius 3 is 1.80 bits per heavy atom. The molecule has 2 nitrogen and oxygen atoms in total. The van der Waals surface area contributed by atoms with Crippen molar-refractivity contribution in [3.8, 4) is 22.3 Å². The van der Waals surface area contributed by atoms with E-state index in [0.717, 1.165) is 39.0 Å². The summed E-state index contributed by atoms with van der Waals surface area (Å²) >= 11 is 1.88. The number of furan rings is 1. The number of hydrogen-bond acceptors (Lipinski definition) is 3. The van der Waals surface area contributed by atoms with Gasteiger partial charge in [0.15, 0.2) is 5.58 Å². The van der Waals surface area contributed by atoms with E-state index in [-0.39, 0.29) is 0 Å². The predicted molar refractivity (Wildman–Crippen MR) is 210 cm³/mol. The lowest BCUT2D eigenvalue weighted by Crippen LogP contribution is -2.10. The van der Waals surface area contributed by atoms with Crippen molar-refractivity contribution >= 4 is 81.3 Å². The first kappa shape index (κ1) is 27.9. The van der Waals surface area contributed by atoms with E-state index in [9.17, 15) is 0 Å². The van der Waals surface area contributed by atoms with Gasteiger partial charge >= 0.3 is 0 Å². The summed E-state index contributed by atoms with van der Waals surface area (Å²) in [6.07, 6.45) is 0. The molecule has 3 heteroatoms. The van der Waals surface area contributed by atoms with Gasteiger partial charge in [0.25, 0.3) is 0 Å². The topological polar surface area (TPSA) is 16.4 Å². The molecule has 0 saturated carbocycles. The van der Waals surface area contributed by atoms with Crippen molar-refractivity contribution in [3.05, 3.63) is 176 Å². The van der Waals surface area contributed by atoms with E-state index in [1.165, 1.54) is 53.2 Å². The molecule has 0 atom stereocenters. The van der Waals surface area contributed by atoms with E-state index < -0.39 is 0 Å². The number of hydrogen-bond donors (Lipinski definition) is 0. The average molecular weight is 644 g/mol. The van der Waals surface area contributed by atoms with Crippen LogP contribution in [0.2, 0.25) is 0 Å². The van der Waals surface area contributed by atoms with Crippen LogP contribution in [0.15, 0.2) is 180 Å². The second-order valence-corrected chi connectivity index (χ2v) is 13.5. The molecule has 0 radical (unpaired) electrons. The third kappa shape index (κ3) is 4.47. The molecule has 0 amide bonds. The zero-order valence-electron chi connectivity index (χ0n) is 26.5. The molecule has 10 aromatic rings. The summed E-state index contributed by atoms with van der Waals surface area (Å²) in [6.45, 7) is 0. The number of para-hydroxylation sites is 2. The summed E-state index contributed by atoms with van der Waals surface area (Å²) < 4.78 is 9.22. The van der Waals surface area contributed by atoms with Gasteiger partial charge in [0.05, 0.1) is 16.1 Å². The Morgan fingerprint density at radius 2 is 0.980 bits per heavy atom. The molecule has 0 bridgehead atoms. The first-order valence-corrected chi connectivity index (χ1v) is 17.4. The van der Waals surface area contributed by atoms with Crippen LogP contribution in [-0.4, -0.2) is 0 Å². The Labute approximate surface area is 287 Å². The quantitative estimate of drug-likeness (QED) is 0.186. The Kier molecular flexibility index (Phi) is 6.39. The lowest BCUT2D eigenvalue weighted by Gasteiger charge is -2.26. The Morgan fingerprint density at radius 1 is 0.388 bits per heavy atom. The molecule has 230 valence electrons. The smallest absolute Gasteiger partial charge is 0.159 e. The van der Waals surface area contributed by atoms with E-state index in [2.05, 4.69) is 175 Å². The van der Waals surface area contributed by atoms with Gasteiger partial charge in [-0.2, -0.15) is 0 Å². The van der Waals surface area contributed by atoms with Crippen LogP contribution in [0.25, 0.3) is 75.1 Å². The van der Waals surface area contributed by atoms with Crippen LogP contribution in [0.1, 0.15) is 0 Å². The molecule has 0 aliphatic carbocycles. The van der Waals surface area contributed by atoms with Crippen molar-refractivity contribution < 1.29 is 4.42 Å². The summed E-state index contributed by atoms with van der Waals surface area (Å²) in [6, 6.07) is 63.0. The van der Waals surface area contributed by atoms with Crippen LogP contribution in [-0.2, 0) is 0 Å². The third-order valence-electron chi connectivity index (χ3n) is 9.65. The fourth-order valence-corrected chi connectivity index (χ4v) is 8.73. The van der Waals surface area contributed by atoms with Crippen LogP contribution in [0, 0.1) is 0 Å². The predicted octanol–water partition coefficient (Wildman–Crippen LogP) is 13.9. The SMILES string of the molecule is c1ccc(-c2cccc(N(c3cccc4c3oc3ccccc34)c3cccc4c3sc3c5ccccc5c(-c5ccccc5)cc43)c2)cc1. The molecule has 0 spiro atoms. The molecule has 10 rings (SSSR count). The van der Waals surface area contributed by atoms with E-state index in [1.54, 1.807) is 0 Å². The van der Waals surface area contributed by atoms with E-state index >= 15 is 0 Å².